The second-order valence-corrected chi connectivity index (χ2v) is 4.83. The molecule has 1 aromatic rings. The molecule has 0 heterocycles. The van der Waals surface area contributed by atoms with E-state index in [0.717, 1.165) is 10.2 Å². The fourth-order valence-corrected chi connectivity index (χ4v) is 1.69. The Morgan fingerprint density at radius 3 is 2.38 bits per heavy atom. The first-order valence-electron chi connectivity index (χ1n) is 5.33. The first-order chi connectivity index (χ1) is 7.56. The first kappa shape index (κ1) is 13.2. The van der Waals surface area contributed by atoms with Gasteiger partial charge < -0.3 is 10.6 Å². The number of halogens is 1. The van der Waals surface area contributed by atoms with Crippen molar-refractivity contribution in [2.75, 3.05) is 18.0 Å². The summed E-state index contributed by atoms with van der Waals surface area (Å²) in [5.74, 6) is 0.0861. The molecule has 16 heavy (non-hydrogen) atoms. The molecule has 0 aliphatic rings. The van der Waals surface area contributed by atoms with Gasteiger partial charge in [0, 0.05) is 29.2 Å². The average Bonchev–Trinajstić information content (AvgIpc) is 2.26. The summed E-state index contributed by atoms with van der Waals surface area (Å²) >= 11 is 3.37. The van der Waals surface area contributed by atoms with Gasteiger partial charge in [0.05, 0.1) is 0 Å². The maximum absolute atomic E-state index is 12.0. The fraction of sp³-hybridized carbons (Fsp3) is 0.417. The van der Waals surface area contributed by atoms with E-state index in [4.69, 9.17) is 5.73 Å². The lowest BCUT2D eigenvalue weighted by atomic mass is 10.1. The van der Waals surface area contributed by atoms with Crippen molar-refractivity contribution in [2.24, 2.45) is 11.7 Å². The van der Waals surface area contributed by atoms with Gasteiger partial charge in [-0.25, -0.2) is 0 Å². The molecule has 0 bridgehead atoms. The van der Waals surface area contributed by atoms with E-state index >= 15 is 0 Å². The van der Waals surface area contributed by atoms with Crippen molar-refractivity contribution in [2.45, 2.75) is 13.8 Å². The van der Waals surface area contributed by atoms with Crippen LogP contribution in [0.25, 0.3) is 0 Å². The van der Waals surface area contributed by atoms with Gasteiger partial charge in [-0.15, -0.1) is 0 Å². The van der Waals surface area contributed by atoms with Gasteiger partial charge in [0.25, 0.3) is 0 Å². The summed E-state index contributed by atoms with van der Waals surface area (Å²) in [6.07, 6.45) is 0. The van der Waals surface area contributed by atoms with Crippen LogP contribution < -0.4 is 10.6 Å². The molecule has 1 rings (SSSR count). The number of nitrogens with two attached hydrogens (primary N) is 1. The Balaban J connectivity index is 2.93. The molecule has 0 aliphatic heterocycles. The van der Waals surface area contributed by atoms with Crippen molar-refractivity contribution < 1.29 is 4.79 Å². The SMILES string of the molecule is CC(C)C(=O)N(CCN)c1ccc(Br)cc1. The maximum Gasteiger partial charge on any atom is 0.229 e. The molecule has 0 aliphatic carbocycles. The zero-order valence-electron chi connectivity index (χ0n) is 9.61. The normalized spacial score (nSPS) is 10.6. The predicted octanol–water partition coefficient (Wildman–Crippen LogP) is 2.40. The zero-order valence-corrected chi connectivity index (χ0v) is 11.2. The second-order valence-electron chi connectivity index (χ2n) is 3.91. The van der Waals surface area contributed by atoms with E-state index in [1.54, 1.807) is 4.90 Å². The summed E-state index contributed by atoms with van der Waals surface area (Å²) < 4.78 is 1.00. The van der Waals surface area contributed by atoms with Gasteiger partial charge >= 0.3 is 0 Å². The van der Waals surface area contributed by atoms with E-state index in [0.29, 0.717) is 13.1 Å². The molecule has 0 saturated carbocycles. The number of nitrogens with zero attached hydrogens (tertiary/aromatic N) is 1. The van der Waals surface area contributed by atoms with Crippen molar-refractivity contribution >= 4 is 27.5 Å². The number of benzene rings is 1. The number of anilines is 1. The van der Waals surface area contributed by atoms with E-state index in [1.807, 2.05) is 38.1 Å². The van der Waals surface area contributed by atoms with Crippen LogP contribution in [0.15, 0.2) is 28.7 Å². The Morgan fingerprint density at radius 2 is 1.94 bits per heavy atom. The Hall–Kier alpha value is -0.870. The Kier molecular flexibility index (Phi) is 4.96. The molecule has 3 nitrogen and oxygen atoms in total. The Morgan fingerprint density at radius 1 is 1.38 bits per heavy atom. The fourth-order valence-electron chi connectivity index (χ4n) is 1.43. The molecule has 0 spiro atoms. The topological polar surface area (TPSA) is 46.3 Å². The molecule has 0 fully saturated rings. The lowest BCUT2D eigenvalue weighted by Gasteiger charge is -2.24. The van der Waals surface area contributed by atoms with Crippen LogP contribution in [-0.4, -0.2) is 19.0 Å². The quantitative estimate of drug-likeness (QED) is 0.923. The maximum atomic E-state index is 12.0. The summed E-state index contributed by atoms with van der Waals surface area (Å²) in [6, 6.07) is 7.68. The molecule has 88 valence electrons. The van der Waals surface area contributed by atoms with E-state index in [2.05, 4.69) is 15.9 Å². The van der Waals surface area contributed by atoms with Crippen LogP contribution in [0.1, 0.15) is 13.8 Å². The van der Waals surface area contributed by atoms with Crippen LogP contribution in [0, 0.1) is 5.92 Å². The first-order valence-corrected chi connectivity index (χ1v) is 6.12. The highest BCUT2D eigenvalue weighted by molar-refractivity contribution is 9.10. The van der Waals surface area contributed by atoms with Crippen LogP contribution in [0.3, 0.4) is 0 Å². The number of hydrogen-bond acceptors (Lipinski definition) is 2. The van der Waals surface area contributed by atoms with Crippen molar-refractivity contribution in [3.05, 3.63) is 28.7 Å². The third-order valence-electron chi connectivity index (χ3n) is 2.25. The van der Waals surface area contributed by atoms with Crippen molar-refractivity contribution in [1.82, 2.24) is 0 Å². The van der Waals surface area contributed by atoms with Gasteiger partial charge in [-0.3, -0.25) is 4.79 Å². The van der Waals surface area contributed by atoms with Gasteiger partial charge in [0.2, 0.25) is 5.91 Å². The Labute approximate surface area is 105 Å². The summed E-state index contributed by atoms with van der Waals surface area (Å²) in [5.41, 5.74) is 6.43. The van der Waals surface area contributed by atoms with Crippen LogP contribution in [-0.2, 0) is 4.79 Å². The van der Waals surface area contributed by atoms with Crippen molar-refractivity contribution in [1.29, 1.82) is 0 Å². The number of carbonyl (C=O) groups is 1. The van der Waals surface area contributed by atoms with Crippen LogP contribution >= 0.6 is 15.9 Å². The van der Waals surface area contributed by atoms with Gasteiger partial charge in [-0.2, -0.15) is 0 Å². The van der Waals surface area contributed by atoms with E-state index < -0.39 is 0 Å². The molecule has 4 heteroatoms. The molecule has 0 saturated heterocycles. The molecule has 0 radical (unpaired) electrons. The number of amides is 1. The minimum absolute atomic E-state index is 0.0183. The molecular weight excluding hydrogens is 268 g/mol. The Bertz CT molecular complexity index is 349. The zero-order chi connectivity index (χ0) is 12.1. The molecule has 2 N–H and O–H groups in total. The number of hydrogen-bond donors (Lipinski definition) is 1. The highest BCUT2D eigenvalue weighted by atomic mass is 79.9. The lowest BCUT2D eigenvalue weighted by Crippen LogP contribution is -2.38. The lowest BCUT2D eigenvalue weighted by molar-refractivity contribution is -0.121. The average molecular weight is 285 g/mol. The van der Waals surface area contributed by atoms with Crippen LogP contribution in [0.4, 0.5) is 5.69 Å². The summed E-state index contributed by atoms with van der Waals surface area (Å²) in [4.78, 5) is 13.7. The highest BCUT2D eigenvalue weighted by Gasteiger charge is 2.17. The van der Waals surface area contributed by atoms with E-state index in [1.165, 1.54) is 0 Å². The van der Waals surface area contributed by atoms with Crippen LogP contribution in [0.2, 0.25) is 0 Å². The minimum atomic E-state index is -0.0183. The van der Waals surface area contributed by atoms with Crippen LogP contribution in [0.5, 0.6) is 0 Å². The third-order valence-corrected chi connectivity index (χ3v) is 2.78. The molecule has 0 atom stereocenters. The molecule has 0 unspecified atom stereocenters. The second kappa shape index (κ2) is 6.01. The summed E-state index contributed by atoms with van der Waals surface area (Å²) in [6.45, 7) is 4.81. The largest absolute Gasteiger partial charge is 0.329 e. The van der Waals surface area contributed by atoms with E-state index in [-0.39, 0.29) is 11.8 Å². The molecule has 1 amide bonds. The molecule has 0 aromatic heterocycles. The predicted molar refractivity (Wildman–Crippen MR) is 70.4 cm³/mol. The molecular formula is C12H17BrN2O. The van der Waals surface area contributed by atoms with Gasteiger partial charge in [-0.05, 0) is 24.3 Å². The van der Waals surface area contributed by atoms with Gasteiger partial charge in [0.1, 0.15) is 0 Å². The summed E-state index contributed by atoms with van der Waals surface area (Å²) in [5, 5.41) is 0. The van der Waals surface area contributed by atoms with Gasteiger partial charge in [0.15, 0.2) is 0 Å². The standard InChI is InChI=1S/C12H17BrN2O/c1-9(2)12(16)15(8-7-14)11-5-3-10(13)4-6-11/h3-6,9H,7-8,14H2,1-2H3. The smallest absolute Gasteiger partial charge is 0.229 e. The minimum Gasteiger partial charge on any atom is -0.329 e. The summed E-state index contributed by atoms with van der Waals surface area (Å²) in [7, 11) is 0. The van der Waals surface area contributed by atoms with Gasteiger partial charge in [-0.1, -0.05) is 29.8 Å². The number of carbonyl (C=O) groups excluding carboxylic acids is 1. The van der Waals surface area contributed by atoms with Crippen molar-refractivity contribution in [3.8, 4) is 0 Å². The number of rotatable bonds is 4. The van der Waals surface area contributed by atoms with Crippen molar-refractivity contribution in [3.63, 3.8) is 0 Å². The third kappa shape index (κ3) is 3.32. The van der Waals surface area contributed by atoms with E-state index in [9.17, 15) is 4.79 Å². The monoisotopic (exact) mass is 284 g/mol. The molecule has 1 aromatic carbocycles. The highest BCUT2D eigenvalue weighted by Crippen LogP contribution is 2.19.